The van der Waals surface area contributed by atoms with Gasteiger partial charge in [0.05, 0.1) is 10.5 Å². The highest BCUT2D eigenvalue weighted by molar-refractivity contribution is 5.83. The number of nitro benzene ring substituents is 1. The summed E-state index contributed by atoms with van der Waals surface area (Å²) < 4.78 is 37.7. The van der Waals surface area contributed by atoms with Crippen molar-refractivity contribution in [2.24, 2.45) is 0 Å². The van der Waals surface area contributed by atoms with Crippen LogP contribution < -0.4 is 10.6 Å². The number of carbonyl (C=O) groups excluding carboxylic acids is 1. The normalized spacial score (nSPS) is 12.3. The quantitative estimate of drug-likeness (QED) is 0.511. The molecule has 1 aromatic carbocycles. The van der Waals surface area contributed by atoms with E-state index in [1.54, 1.807) is 0 Å². The third-order valence-electron chi connectivity index (χ3n) is 2.94. The molecule has 11 heteroatoms. The van der Waals surface area contributed by atoms with Crippen molar-refractivity contribution < 1.29 is 32.8 Å². The second-order valence-corrected chi connectivity index (χ2v) is 4.79. The highest BCUT2D eigenvalue weighted by atomic mass is 19.4. The standard InChI is InChI=1S/C13H14F3N3O5/c1-7(12(21)22)18-11(20)4-5-17-9-3-2-8(13(14,15)16)6-10(9)19(23)24/h2-3,6-7,17H,4-5H2,1H3,(H,18,20)(H,21,22)/t7-/m1/s1. The molecule has 0 aromatic heterocycles. The van der Waals surface area contributed by atoms with Crippen LogP contribution in [0.5, 0.6) is 0 Å². The van der Waals surface area contributed by atoms with Crippen LogP contribution in [-0.4, -0.2) is 34.5 Å². The fourth-order valence-electron chi connectivity index (χ4n) is 1.69. The molecule has 0 saturated heterocycles. The summed E-state index contributed by atoms with van der Waals surface area (Å²) in [4.78, 5) is 31.9. The Morgan fingerprint density at radius 1 is 1.38 bits per heavy atom. The fraction of sp³-hybridized carbons (Fsp3) is 0.385. The van der Waals surface area contributed by atoms with Gasteiger partial charge in [-0.05, 0) is 19.1 Å². The number of benzene rings is 1. The number of nitrogens with zero attached hydrogens (tertiary/aromatic N) is 1. The molecule has 0 bridgehead atoms. The number of hydrogen-bond donors (Lipinski definition) is 3. The number of anilines is 1. The largest absolute Gasteiger partial charge is 0.480 e. The van der Waals surface area contributed by atoms with Gasteiger partial charge in [-0.3, -0.25) is 19.7 Å². The molecule has 0 aliphatic carbocycles. The molecule has 1 amide bonds. The summed E-state index contributed by atoms with van der Waals surface area (Å²) in [5.74, 6) is -1.85. The van der Waals surface area contributed by atoms with E-state index in [-0.39, 0.29) is 18.7 Å². The molecule has 0 unspecified atom stereocenters. The molecule has 1 aromatic rings. The first-order valence-electron chi connectivity index (χ1n) is 6.64. The van der Waals surface area contributed by atoms with Gasteiger partial charge >= 0.3 is 12.1 Å². The lowest BCUT2D eigenvalue weighted by Crippen LogP contribution is -2.38. The SMILES string of the molecule is C[C@@H](NC(=O)CCNc1ccc(C(F)(F)F)cc1[N+](=O)[O-])C(=O)O. The number of alkyl halides is 3. The Bertz CT molecular complexity index is 648. The summed E-state index contributed by atoms with van der Waals surface area (Å²) in [5, 5.41) is 24.2. The Morgan fingerprint density at radius 2 is 2.00 bits per heavy atom. The van der Waals surface area contributed by atoms with Crippen LogP contribution in [0.25, 0.3) is 0 Å². The van der Waals surface area contributed by atoms with Crippen molar-refractivity contribution in [1.82, 2.24) is 5.32 Å². The predicted molar refractivity (Wildman–Crippen MR) is 76.4 cm³/mol. The van der Waals surface area contributed by atoms with Crippen LogP contribution in [0.3, 0.4) is 0 Å². The van der Waals surface area contributed by atoms with Crippen molar-refractivity contribution in [2.45, 2.75) is 25.6 Å². The molecule has 0 aliphatic heterocycles. The van der Waals surface area contributed by atoms with E-state index in [0.717, 1.165) is 6.07 Å². The third kappa shape index (κ3) is 5.41. The first-order chi connectivity index (χ1) is 11.0. The molecule has 0 heterocycles. The lowest BCUT2D eigenvalue weighted by atomic mass is 10.1. The summed E-state index contributed by atoms with van der Waals surface area (Å²) in [6.45, 7) is 1.14. The van der Waals surface area contributed by atoms with Gasteiger partial charge in [0.15, 0.2) is 0 Å². The zero-order chi connectivity index (χ0) is 18.5. The van der Waals surface area contributed by atoms with Crippen molar-refractivity contribution >= 4 is 23.3 Å². The fourth-order valence-corrected chi connectivity index (χ4v) is 1.69. The number of rotatable bonds is 7. The third-order valence-corrected chi connectivity index (χ3v) is 2.94. The zero-order valence-corrected chi connectivity index (χ0v) is 12.4. The molecule has 132 valence electrons. The molecule has 0 radical (unpaired) electrons. The number of nitro groups is 1. The van der Waals surface area contributed by atoms with Crippen LogP contribution in [0.2, 0.25) is 0 Å². The smallest absolute Gasteiger partial charge is 0.416 e. The predicted octanol–water partition coefficient (Wildman–Crippen LogP) is 2.00. The van der Waals surface area contributed by atoms with E-state index in [9.17, 15) is 32.9 Å². The molecule has 8 nitrogen and oxygen atoms in total. The van der Waals surface area contributed by atoms with Crippen molar-refractivity contribution in [1.29, 1.82) is 0 Å². The van der Waals surface area contributed by atoms with Gasteiger partial charge in [-0.1, -0.05) is 0 Å². The molecule has 0 aliphatic rings. The molecule has 1 rings (SSSR count). The van der Waals surface area contributed by atoms with Gasteiger partial charge in [-0.15, -0.1) is 0 Å². The van der Waals surface area contributed by atoms with Crippen molar-refractivity contribution in [2.75, 3.05) is 11.9 Å². The maximum atomic E-state index is 12.6. The summed E-state index contributed by atoms with van der Waals surface area (Å²) in [7, 11) is 0. The first-order valence-corrected chi connectivity index (χ1v) is 6.64. The maximum absolute atomic E-state index is 12.6. The van der Waals surface area contributed by atoms with Gasteiger partial charge < -0.3 is 15.7 Å². The molecule has 0 saturated carbocycles. The van der Waals surface area contributed by atoms with Crippen molar-refractivity contribution in [3.63, 3.8) is 0 Å². The van der Waals surface area contributed by atoms with Gasteiger partial charge in [0.2, 0.25) is 5.91 Å². The highest BCUT2D eigenvalue weighted by Crippen LogP contribution is 2.34. The minimum atomic E-state index is -4.71. The Balaban J connectivity index is 2.73. The average molecular weight is 349 g/mol. The topological polar surface area (TPSA) is 122 Å². The maximum Gasteiger partial charge on any atom is 0.416 e. The van der Waals surface area contributed by atoms with Crippen LogP contribution in [-0.2, 0) is 15.8 Å². The van der Waals surface area contributed by atoms with Crippen molar-refractivity contribution in [3.8, 4) is 0 Å². The summed E-state index contributed by atoms with van der Waals surface area (Å²) in [5.41, 5.74) is -2.11. The van der Waals surface area contributed by atoms with E-state index >= 15 is 0 Å². The molecular formula is C13H14F3N3O5. The number of nitrogens with one attached hydrogen (secondary N) is 2. The first kappa shape index (κ1) is 19.2. The molecule has 0 fully saturated rings. The van der Waals surface area contributed by atoms with Gasteiger partial charge in [0, 0.05) is 19.0 Å². The second kappa shape index (κ2) is 7.62. The number of carbonyl (C=O) groups is 2. The minimum absolute atomic E-state index is 0.121. The Kier molecular flexibility index (Phi) is 6.09. The number of aliphatic carboxylic acids is 1. The number of carboxylic acids is 1. The van der Waals surface area contributed by atoms with E-state index in [1.807, 2.05) is 0 Å². The molecular weight excluding hydrogens is 335 g/mol. The number of carboxylic acid groups (broad SMARTS) is 1. The van der Waals surface area contributed by atoms with Crippen LogP contribution in [0.1, 0.15) is 18.9 Å². The van der Waals surface area contributed by atoms with Gasteiger partial charge in [-0.2, -0.15) is 13.2 Å². The molecule has 24 heavy (non-hydrogen) atoms. The average Bonchev–Trinajstić information content (AvgIpc) is 2.45. The summed E-state index contributed by atoms with van der Waals surface area (Å²) >= 11 is 0. The van der Waals surface area contributed by atoms with Gasteiger partial charge in [0.25, 0.3) is 5.69 Å². The Morgan fingerprint density at radius 3 is 2.50 bits per heavy atom. The van der Waals surface area contributed by atoms with Crippen LogP contribution in [0.15, 0.2) is 18.2 Å². The van der Waals surface area contributed by atoms with E-state index in [0.29, 0.717) is 12.1 Å². The minimum Gasteiger partial charge on any atom is -0.480 e. The summed E-state index contributed by atoms with van der Waals surface area (Å²) in [6.07, 6.45) is -4.92. The molecule has 3 N–H and O–H groups in total. The lowest BCUT2D eigenvalue weighted by Gasteiger charge is -2.11. The Labute approximate surface area is 133 Å². The van der Waals surface area contributed by atoms with Gasteiger partial charge in [0.1, 0.15) is 11.7 Å². The van der Waals surface area contributed by atoms with E-state index < -0.39 is 40.3 Å². The van der Waals surface area contributed by atoms with Gasteiger partial charge in [-0.25, -0.2) is 0 Å². The molecule has 0 spiro atoms. The Hall–Kier alpha value is -2.85. The van der Waals surface area contributed by atoms with Crippen LogP contribution in [0.4, 0.5) is 24.5 Å². The number of amides is 1. The lowest BCUT2D eigenvalue weighted by molar-refractivity contribution is -0.384. The van der Waals surface area contributed by atoms with Crippen LogP contribution >= 0.6 is 0 Å². The number of hydrogen-bond acceptors (Lipinski definition) is 5. The monoisotopic (exact) mass is 349 g/mol. The highest BCUT2D eigenvalue weighted by Gasteiger charge is 2.33. The van der Waals surface area contributed by atoms with E-state index in [2.05, 4.69) is 10.6 Å². The molecule has 1 atom stereocenters. The second-order valence-electron chi connectivity index (χ2n) is 4.79. The van der Waals surface area contributed by atoms with Crippen molar-refractivity contribution in [3.05, 3.63) is 33.9 Å². The van der Waals surface area contributed by atoms with E-state index in [4.69, 9.17) is 5.11 Å². The number of halogens is 3. The summed E-state index contributed by atoms with van der Waals surface area (Å²) in [6, 6.07) is 0.883. The van der Waals surface area contributed by atoms with E-state index in [1.165, 1.54) is 6.92 Å². The zero-order valence-electron chi connectivity index (χ0n) is 12.4. The van der Waals surface area contributed by atoms with Crippen LogP contribution in [0, 0.1) is 10.1 Å².